The van der Waals surface area contributed by atoms with Gasteiger partial charge < -0.3 is 15.4 Å². The van der Waals surface area contributed by atoms with Crippen LogP contribution in [-0.2, 0) is 9.53 Å². The molecule has 1 aliphatic rings. The lowest BCUT2D eigenvalue weighted by Gasteiger charge is -2.21. The maximum absolute atomic E-state index is 11.7. The van der Waals surface area contributed by atoms with Gasteiger partial charge in [-0.25, -0.2) is 0 Å². The normalized spacial score (nSPS) is 15.9. The summed E-state index contributed by atoms with van der Waals surface area (Å²) in [7, 11) is 0. The van der Waals surface area contributed by atoms with Crippen LogP contribution >= 0.6 is 15.9 Å². The fraction of sp³-hybridized carbons (Fsp3) is 0.562. The molecule has 1 amide bonds. The summed E-state index contributed by atoms with van der Waals surface area (Å²) in [6, 6.07) is 7.55. The van der Waals surface area contributed by atoms with Gasteiger partial charge in [-0.3, -0.25) is 4.79 Å². The maximum Gasteiger partial charge on any atom is 0.238 e. The minimum Gasteiger partial charge on any atom is -0.377 e. The molecule has 1 aromatic carbocycles. The van der Waals surface area contributed by atoms with Crippen LogP contribution in [0.1, 0.15) is 32.1 Å². The highest BCUT2D eigenvalue weighted by molar-refractivity contribution is 9.10. The third-order valence-corrected chi connectivity index (χ3v) is 4.13. The zero-order valence-corrected chi connectivity index (χ0v) is 13.8. The predicted octanol–water partition coefficient (Wildman–Crippen LogP) is 3.33. The number of benzene rings is 1. The summed E-state index contributed by atoms with van der Waals surface area (Å²) < 4.78 is 6.80. The van der Waals surface area contributed by atoms with Crippen LogP contribution in [-0.4, -0.2) is 31.7 Å². The number of amides is 1. The van der Waals surface area contributed by atoms with Crippen molar-refractivity contribution < 1.29 is 9.53 Å². The van der Waals surface area contributed by atoms with Gasteiger partial charge in [0.1, 0.15) is 0 Å². The van der Waals surface area contributed by atoms with E-state index < -0.39 is 0 Å². The largest absolute Gasteiger partial charge is 0.377 e. The first-order chi connectivity index (χ1) is 10.2. The number of halogens is 1. The minimum atomic E-state index is -0.0324. The number of hydrogen-bond acceptors (Lipinski definition) is 3. The van der Waals surface area contributed by atoms with E-state index in [9.17, 15) is 4.79 Å². The van der Waals surface area contributed by atoms with Gasteiger partial charge in [-0.05, 0) is 37.1 Å². The first-order valence-electron chi connectivity index (χ1n) is 7.62. The molecular weight excluding hydrogens is 332 g/mol. The van der Waals surface area contributed by atoms with Crippen molar-refractivity contribution >= 4 is 27.5 Å². The zero-order chi connectivity index (χ0) is 14.9. The smallest absolute Gasteiger partial charge is 0.238 e. The molecule has 1 fully saturated rings. The number of carbonyl (C=O) groups excluding carboxylic acids is 1. The van der Waals surface area contributed by atoms with Gasteiger partial charge in [0.25, 0.3) is 0 Å². The predicted molar refractivity (Wildman–Crippen MR) is 88.5 cm³/mol. The highest BCUT2D eigenvalue weighted by Gasteiger charge is 2.13. The molecule has 116 valence electrons. The molecule has 0 unspecified atom stereocenters. The summed E-state index contributed by atoms with van der Waals surface area (Å²) in [6.45, 7) is 1.70. The number of hydrogen-bond donors (Lipinski definition) is 2. The topological polar surface area (TPSA) is 50.4 Å². The molecule has 0 aliphatic heterocycles. The van der Waals surface area contributed by atoms with Crippen molar-refractivity contribution in [2.75, 3.05) is 25.0 Å². The number of ether oxygens (including phenoxy) is 1. The number of nitrogens with one attached hydrogen (secondary N) is 2. The van der Waals surface area contributed by atoms with Gasteiger partial charge in [0.15, 0.2) is 0 Å². The summed E-state index contributed by atoms with van der Waals surface area (Å²) in [5.74, 6) is -0.0324. The second kappa shape index (κ2) is 9.18. The molecule has 0 saturated heterocycles. The van der Waals surface area contributed by atoms with Gasteiger partial charge in [-0.2, -0.15) is 0 Å². The van der Waals surface area contributed by atoms with Gasteiger partial charge >= 0.3 is 0 Å². The molecule has 0 aromatic heterocycles. The van der Waals surface area contributed by atoms with Crippen LogP contribution in [0.25, 0.3) is 0 Å². The lowest BCUT2D eigenvalue weighted by Crippen LogP contribution is -2.31. The fourth-order valence-electron chi connectivity index (χ4n) is 2.47. The first kappa shape index (κ1) is 16.5. The lowest BCUT2D eigenvalue weighted by atomic mass is 9.98. The minimum absolute atomic E-state index is 0.0324. The Morgan fingerprint density at radius 1 is 1.19 bits per heavy atom. The molecule has 1 aliphatic carbocycles. The number of anilines is 1. The summed E-state index contributed by atoms with van der Waals surface area (Å²) in [6.07, 6.45) is 6.71. The fourth-order valence-corrected chi connectivity index (χ4v) is 2.73. The van der Waals surface area contributed by atoms with Crippen LogP contribution in [0.2, 0.25) is 0 Å². The van der Waals surface area contributed by atoms with Gasteiger partial charge in [-0.1, -0.05) is 35.2 Å². The molecule has 4 nitrogen and oxygen atoms in total. The van der Waals surface area contributed by atoms with E-state index in [2.05, 4.69) is 26.6 Å². The Hall–Kier alpha value is -0.910. The van der Waals surface area contributed by atoms with Crippen molar-refractivity contribution in [3.63, 3.8) is 0 Å². The van der Waals surface area contributed by atoms with Gasteiger partial charge in [0.05, 0.1) is 19.3 Å². The molecule has 21 heavy (non-hydrogen) atoms. The van der Waals surface area contributed by atoms with E-state index in [0.717, 1.165) is 10.2 Å². The Balaban J connectivity index is 1.53. The third-order valence-electron chi connectivity index (χ3n) is 3.60. The zero-order valence-electron chi connectivity index (χ0n) is 12.2. The molecule has 0 bridgehead atoms. The van der Waals surface area contributed by atoms with Crippen molar-refractivity contribution in [2.45, 2.75) is 38.2 Å². The molecule has 1 saturated carbocycles. The van der Waals surface area contributed by atoms with Crippen LogP contribution in [0, 0.1) is 0 Å². The molecule has 0 spiro atoms. The van der Waals surface area contributed by atoms with Crippen LogP contribution in [0.15, 0.2) is 28.7 Å². The monoisotopic (exact) mass is 354 g/mol. The number of carbonyl (C=O) groups is 1. The van der Waals surface area contributed by atoms with Crippen LogP contribution in [0.3, 0.4) is 0 Å². The molecule has 0 heterocycles. The molecule has 2 N–H and O–H groups in total. The third kappa shape index (κ3) is 6.59. The van der Waals surface area contributed by atoms with Crippen molar-refractivity contribution in [1.82, 2.24) is 5.32 Å². The maximum atomic E-state index is 11.7. The second-order valence-electron chi connectivity index (χ2n) is 5.36. The van der Waals surface area contributed by atoms with Crippen LogP contribution in [0.5, 0.6) is 0 Å². The van der Waals surface area contributed by atoms with E-state index in [-0.39, 0.29) is 5.91 Å². The molecular formula is C16H23BrN2O2. The Morgan fingerprint density at radius 3 is 2.62 bits per heavy atom. The van der Waals surface area contributed by atoms with Crippen molar-refractivity contribution in [3.8, 4) is 0 Å². The van der Waals surface area contributed by atoms with E-state index >= 15 is 0 Å². The van der Waals surface area contributed by atoms with Crippen molar-refractivity contribution in [1.29, 1.82) is 0 Å². The highest BCUT2D eigenvalue weighted by Crippen LogP contribution is 2.19. The van der Waals surface area contributed by atoms with Crippen molar-refractivity contribution in [2.24, 2.45) is 0 Å². The lowest BCUT2D eigenvalue weighted by molar-refractivity contribution is -0.115. The molecule has 0 radical (unpaired) electrons. The Morgan fingerprint density at radius 2 is 1.90 bits per heavy atom. The van der Waals surface area contributed by atoms with E-state index in [1.54, 1.807) is 0 Å². The van der Waals surface area contributed by atoms with E-state index in [1.807, 2.05) is 24.3 Å². The Bertz CT molecular complexity index is 430. The quantitative estimate of drug-likeness (QED) is 0.738. The average molecular weight is 355 g/mol. The van der Waals surface area contributed by atoms with E-state index in [4.69, 9.17) is 4.74 Å². The standard InChI is InChI=1S/C16H23BrN2O2/c17-13-6-8-14(9-7-13)19-16(20)12-18-10-11-21-15-4-2-1-3-5-15/h6-9,15,18H,1-5,10-12H2,(H,19,20). The SMILES string of the molecule is O=C(CNCCOC1CCCCC1)Nc1ccc(Br)cc1. The highest BCUT2D eigenvalue weighted by atomic mass is 79.9. The van der Waals surface area contributed by atoms with E-state index in [1.165, 1.54) is 32.1 Å². The van der Waals surface area contributed by atoms with Gasteiger partial charge in [0, 0.05) is 16.7 Å². The van der Waals surface area contributed by atoms with Gasteiger partial charge in [-0.15, -0.1) is 0 Å². The molecule has 5 heteroatoms. The van der Waals surface area contributed by atoms with Crippen LogP contribution < -0.4 is 10.6 Å². The number of rotatable bonds is 7. The molecule has 2 rings (SSSR count). The second-order valence-corrected chi connectivity index (χ2v) is 6.28. The average Bonchev–Trinajstić information content (AvgIpc) is 2.50. The Labute approximate surface area is 134 Å². The summed E-state index contributed by atoms with van der Waals surface area (Å²) in [5, 5.41) is 5.96. The Kier molecular flexibility index (Phi) is 7.19. The molecule has 1 aromatic rings. The van der Waals surface area contributed by atoms with Crippen molar-refractivity contribution in [3.05, 3.63) is 28.7 Å². The van der Waals surface area contributed by atoms with Gasteiger partial charge in [0.2, 0.25) is 5.91 Å². The van der Waals surface area contributed by atoms with Crippen LogP contribution in [0.4, 0.5) is 5.69 Å². The summed E-state index contributed by atoms with van der Waals surface area (Å²) >= 11 is 3.36. The van der Waals surface area contributed by atoms with E-state index in [0.29, 0.717) is 25.8 Å². The first-order valence-corrected chi connectivity index (χ1v) is 8.41. The summed E-state index contributed by atoms with van der Waals surface area (Å²) in [5.41, 5.74) is 0.809. The molecule has 0 atom stereocenters. The summed E-state index contributed by atoms with van der Waals surface area (Å²) in [4.78, 5) is 11.7.